The molecule has 1 aliphatic heterocycles. The molecule has 0 saturated carbocycles. The van der Waals surface area contributed by atoms with Gasteiger partial charge in [-0.05, 0) is 12.2 Å². The smallest absolute Gasteiger partial charge is 0.223 e. The molecule has 0 radical (unpaired) electrons. The molecule has 0 aromatic carbocycles. The van der Waals surface area contributed by atoms with Crippen LogP contribution in [0.2, 0.25) is 0 Å². The number of hydrogen-bond donors (Lipinski definition) is 2. The predicted molar refractivity (Wildman–Crippen MR) is 43.0 cm³/mol. The van der Waals surface area contributed by atoms with Crippen LogP contribution in [0.1, 0.15) is 5.56 Å². The fourth-order valence-electron chi connectivity index (χ4n) is 1.10. The molecule has 0 fully saturated rings. The van der Waals surface area contributed by atoms with Gasteiger partial charge in [0.05, 0.1) is 12.2 Å². The molecule has 4 nitrogen and oxygen atoms in total. The summed E-state index contributed by atoms with van der Waals surface area (Å²) in [7, 11) is 0. The van der Waals surface area contributed by atoms with Crippen LogP contribution in [-0.4, -0.2) is 16.6 Å². The van der Waals surface area contributed by atoms with Crippen LogP contribution in [-0.2, 0) is 6.42 Å². The Bertz CT molecular complexity index is 346. The number of anilines is 1. The average Bonchev–Trinajstić information content (AvgIpc) is 2.34. The van der Waals surface area contributed by atoms with E-state index in [1.165, 1.54) is 0 Å². The van der Waals surface area contributed by atoms with E-state index in [9.17, 15) is 0 Å². The van der Waals surface area contributed by atoms with Gasteiger partial charge in [-0.2, -0.15) is 4.98 Å². The first-order chi connectivity index (χ1) is 5.27. The van der Waals surface area contributed by atoms with Crippen LogP contribution >= 0.6 is 12.2 Å². The van der Waals surface area contributed by atoms with Crippen LogP contribution in [0.4, 0.5) is 5.82 Å². The van der Waals surface area contributed by atoms with Gasteiger partial charge in [0.25, 0.3) is 0 Å². The molecule has 5 heteroatoms. The maximum Gasteiger partial charge on any atom is 0.223 e. The Labute approximate surface area is 68.4 Å². The van der Waals surface area contributed by atoms with Gasteiger partial charge in [-0.15, -0.1) is 0 Å². The van der Waals surface area contributed by atoms with Crippen molar-refractivity contribution in [3.8, 4) is 5.88 Å². The van der Waals surface area contributed by atoms with Crippen molar-refractivity contribution >= 4 is 18.0 Å². The molecule has 0 unspecified atom stereocenters. The summed E-state index contributed by atoms with van der Waals surface area (Å²) in [5.41, 5.74) is 6.57. The summed E-state index contributed by atoms with van der Waals surface area (Å²) in [6.45, 7) is 0.652. The van der Waals surface area contributed by atoms with E-state index in [0.29, 0.717) is 23.1 Å². The van der Waals surface area contributed by atoms with Gasteiger partial charge in [0.15, 0.2) is 0 Å². The highest BCUT2D eigenvalue weighted by atomic mass is 32.1. The van der Waals surface area contributed by atoms with Gasteiger partial charge < -0.3 is 15.5 Å². The molecule has 0 saturated heterocycles. The van der Waals surface area contributed by atoms with Gasteiger partial charge in [-0.1, -0.05) is 0 Å². The number of ether oxygens (including phenoxy) is 1. The first-order valence-corrected chi connectivity index (χ1v) is 3.69. The van der Waals surface area contributed by atoms with Crippen molar-refractivity contribution in [3.63, 3.8) is 0 Å². The Hall–Kier alpha value is -1.10. The van der Waals surface area contributed by atoms with Crippen molar-refractivity contribution in [1.82, 2.24) is 9.97 Å². The lowest BCUT2D eigenvalue weighted by Gasteiger charge is -1.99. The van der Waals surface area contributed by atoms with Gasteiger partial charge in [0, 0.05) is 6.42 Å². The summed E-state index contributed by atoms with van der Waals surface area (Å²) in [4.78, 5) is 6.74. The number of hydrogen-bond acceptors (Lipinski definition) is 4. The lowest BCUT2D eigenvalue weighted by molar-refractivity contribution is 0.344. The van der Waals surface area contributed by atoms with E-state index in [-0.39, 0.29) is 0 Å². The van der Waals surface area contributed by atoms with E-state index in [0.717, 1.165) is 12.0 Å². The molecule has 3 N–H and O–H groups in total. The average molecular weight is 169 g/mol. The number of rotatable bonds is 0. The standard InChI is InChI=1S/C6H7N3OS/c7-4-3-1-2-10-5(3)9-6(11)8-4/h1-2H2,(H3,7,8,9,11). The highest BCUT2D eigenvalue weighted by Crippen LogP contribution is 2.25. The van der Waals surface area contributed by atoms with Crippen LogP contribution in [0.3, 0.4) is 0 Å². The second-order valence-electron chi connectivity index (χ2n) is 2.34. The maximum atomic E-state index is 5.63. The van der Waals surface area contributed by atoms with Crippen LogP contribution in [0.5, 0.6) is 5.88 Å². The first-order valence-electron chi connectivity index (χ1n) is 3.29. The fourth-order valence-corrected chi connectivity index (χ4v) is 1.30. The number of nitrogen functional groups attached to an aromatic ring is 1. The summed E-state index contributed by atoms with van der Waals surface area (Å²) in [6.07, 6.45) is 0.820. The molecule has 0 spiro atoms. The molecule has 2 rings (SSSR count). The minimum absolute atomic E-state index is 0.378. The highest BCUT2D eigenvalue weighted by Gasteiger charge is 2.16. The van der Waals surface area contributed by atoms with Gasteiger partial charge in [-0.25, -0.2) is 0 Å². The molecule has 0 aliphatic carbocycles. The number of aromatic amines is 1. The van der Waals surface area contributed by atoms with Crippen LogP contribution in [0.25, 0.3) is 0 Å². The van der Waals surface area contributed by atoms with Crippen molar-refractivity contribution in [2.45, 2.75) is 6.42 Å². The third-order valence-corrected chi connectivity index (χ3v) is 1.81. The topological polar surface area (TPSA) is 63.9 Å². The van der Waals surface area contributed by atoms with E-state index in [2.05, 4.69) is 9.97 Å². The number of H-pyrrole nitrogens is 1. The Kier molecular flexibility index (Phi) is 1.32. The van der Waals surface area contributed by atoms with E-state index in [1.807, 2.05) is 0 Å². The van der Waals surface area contributed by atoms with Crippen LogP contribution in [0, 0.1) is 4.77 Å². The van der Waals surface area contributed by atoms with Gasteiger partial charge in [0.1, 0.15) is 5.82 Å². The number of nitrogens with two attached hydrogens (primary N) is 1. The summed E-state index contributed by atoms with van der Waals surface area (Å²) in [5.74, 6) is 1.17. The normalized spacial score (nSPS) is 14.2. The second kappa shape index (κ2) is 2.20. The second-order valence-corrected chi connectivity index (χ2v) is 2.72. The van der Waals surface area contributed by atoms with Crippen molar-refractivity contribution in [3.05, 3.63) is 10.3 Å². The van der Waals surface area contributed by atoms with Gasteiger partial charge in [0.2, 0.25) is 10.7 Å². The van der Waals surface area contributed by atoms with Gasteiger partial charge in [-0.3, -0.25) is 0 Å². The summed E-state index contributed by atoms with van der Waals surface area (Å²) < 4.78 is 5.56. The number of nitrogens with one attached hydrogen (secondary N) is 1. The van der Waals surface area contributed by atoms with Crippen molar-refractivity contribution < 1.29 is 4.74 Å². The zero-order chi connectivity index (χ0) is 7.84. The minimum atomic E-state index is 0.378. The Morgan fingerprint density at radius 2 is 2.45 bits per heavy atom. The molecule has 1 aromatic heterocycles. The largest absolute Gasteiger partial charge is 0.477 e. The highest BCUT2D eigenvalue weighted by molar-refractivity contribution is 7.71. The van der Waals surface area contributed by atoms with E-state index in [4.69, 9.17) is 22.7 Å². The van der Waals surface area contributed by atoms with E-state index < -0.39 is 0 Å². The number of aromatic nitrogens is 2. The Morgan fingerprint density at radius 3 is 3.27 bits per heavy atom. The Morgan fingerprint density at radius 1 is 1.64 bits per heavy atom. The number of nitrogens with zero attached hydrogens (tertiary/aromatic N) is 1. The third-order valence-electron chi connectivity index (χ3n) is 1.62. The monoisotopic (exact) mass is 169 g/mol. The molecule has 11 heavy (non-hydrogen) atoms. The molecule has 58 valence electrons. The third kappa shape index (κ3) is 0.970. The van der Waals surface area contributed by atoms with Crippen LogP contribution in [0.15, 0.2) is 0 Å². The zero-order valence-corrected chi connectivity index (χ0v) is 6.57. The summed E-state index contributed by atoms with van der Waals surface area (Å²) >= 11 is 4.81. The molecule has 0 bridgehead atoms. The zero-order valence-electron chi connectivity index (χ0n) is 5.76. The summed E-state index contributed by atoms with van der Waals surface area (Å²) in [6, 6.07) is 0. The lowest BCUT2D eigenvalue weighted by atomic mass is 10.2. The van der Waals surface area contributed by atoms with Crippen molar-refractivity contribution in [2.75, 3.05) is 12.3 Å². The SMILES string of the molecule is Nc1[nH]c(=S)nc2c1CCO2. The minimum Gasteiger partial charge on any atom is -0.477 e. The molecule has 0 amide bonds. The molecular weight excluding hydrogens is 162 g/mol. The number of fused-ring (bicyclic) bond motifs is 1. The van der Waals surface area contributed by atoms with E-state index in [1.54, 1.807) is 0 Å². The van der Waals surface area contributed by atoms with Crippen LogP contribution < -0.4 is 10.5 Å². The predicted octanol–water partition coefficient (Wildman–Crippen LogP) is 0.656. The Balaban J connectivity index is 2.70. The van der Waals surface area contributed by atoms with Crippen molar-refractivity contribution in [1.29, 1.82) is 0 Å². The molecular formula is C6H7N3OS. The first kappa shape index (κ1) is 6.60. The van der Waals surface area contributed by atoms with Crippen molar-refractivity contribution in [2.24, 2.45) is 0 Å². The molecule has 1 aromatic rings. The molecule has 2 heterocycles. The fraction of sp³-hybridized carbons (Fsp3) is 0.333. The quantitative estimate of drug-likeness (QED) is 0.560. The molecule has 0 atom stereocenters. The maximum absolute atomic E-state index is 5.63. The summed E-state index contributed by atoms with van der Waals surface area (Å²) in [5, 5.41) is 0. The van der Waals surface area contributed by atoms with Gasteiger partial charge >= 0.3 is 0 Å². The lowest BCUT2D eigenvalue weighted by Crippen LogP contribution is -1.97. The van der Waals surface area contributed by atoms with E-state index >= 15 is 0 Å². The molecule has 1 aliphatic rings.